The maximum absolute atomic E-state index is 14.0. The number of ether oxygens (including phenoxy) is 2. The molecule has 4 rings (SSSR count). The van der Waals surface area contributed by atoms with Gasteiger partial charge in [-0.15, -0.1) is 0 Å². The van der Waals surface area contributed by atoms with Gasteiger partial charge in [0.05, 0.1) is 19.4 Å². The van der Waals surface area contributed by atoms with Crippen LogP contribution in [0, 0.1) is 12.8 Å². The number of amides is 2. The molecule has 49 heavy (non-hydrogen) atoms. The van der Waals surface area contributed by atoms with E-state index in [2.05, 4.69) is 51.5 Å². The molecule has 1 saturated heterocycles. The van der Waals surface area contributed by atoms with Gasteiger partial charge >= 0.3 is 6.09 Å². The Hall–Kier alpha value is -3.73. The summed E-state index contributed by atoms with van der Waals surface area (Å²) in [5.41, 5.74) is 4.35. The molecule has 10 heteroatoms. The smallest absolute Gasteiger partial charge is 0.410 e. The summed E-state index contributed by atoms with van der Waals surface area (Å²) >= 11 is 0. The molecule has 1 aliphatic heterocycles. The predicted molar refractivity (Wildman–Crippen MR) is 197 cm³/mol. The Morgan fingerprint density at radius 1 is 0.959 bits per heavy atom. The summed E-state index contributed by atoms with van der Waals surface area (Å²) in [6.45, 7) is 22.4. The number of aromatic nitrogens is 1. The van der Waals surface area contributed by atoms with Crippen LogP contribution in [0.2, 0.25) is 19.6 Å². The molecule has 0 aliphatic carbocycles. The second-order valence-corrected chi connectivity index (χ2v) is 20.5. The van der Waals surface area contributed by atoms with Gasteiger partial charge in [-0.3, -0.25) is 14.6 Å². The third-order valence-electron chi connectivity index (χ3n) is 8.33. The van der Waals surface area contributed by atoms with Crippen molar-refractivity contribution in [2.75, 3.05) is 25.3 Å². The first-order valence-corrected chi connectivity index (χ1v) is 20.6. The minimum absolute atomic E-state index is 0.141. The van der Waals surface area contributed by atoms with Gasteiger partial charge in [-0.1, -0.05) is 32.9 Å². The summed E-state index contributed by atoms with van der Waals surface area (Å²) in [4.78, 5) is 38.5. The Labute approximate surface area is 294 Å². The number of benzene rings is 2. The highest BCUT2D eigenvalue weighted by Crippen LogP contribution is 2.32. The SMILES string of the molecule is CON(C(=O)c1ccc(C)c(Oc2ccnc(CC3CCN(C(=O)OC(C)(C)C)CC3)c2)c1)c1cc(CO[Si](C)(C)C)cc(C(C)(C)C)c1. The Morgan fingerprint density at radius 3 is 2.27 bits per heavy atom. The maximum atomic E-state index is 14.0. The Bertz CT molecular complexity index is 1610. The highest BCUT2D eigenvalue weighted by atomic mass is 28.4. The number of nitrogens with zero attached hydrogens (tertiary/aromatic N) is 3. The molecule has 0 N–H and O–H groups in total. The largest absolute Gasteiger partial charge is 0.457 e. The second kappa shape index (κ2) is 15.4. The molecule has 2 heterocycles. The molecule has 0 saturated carbocycles. The van der Waals surface area contributed by atoms with Crippen molar-refractivity contribution in [3.8, 4) is 11.5 Å². The highest BCUT2D eigenvalue weighted by Gasteiger charge is 2.28. The summed E-state index contributed by atoms with van der Waals surface area (Å²) < 4.78 is 18.1. The number of piperidine rings is 1. The first kappa shape index (κ1) is 38.1. The van der Waals surface area contributed by atoms with E-state index in [9.17, 15) is 9.59 Å². The average Bonchev–Trinajstić information content (AvgIpc) is 3.00. The molecule has 266 valence electrons. The number of carbonyl (C=O) groups is 2. The quantitative estimate of drug-likeness (QED) is 0.155. The molecule has 0 spiro atoms. The number of anilines is 1. The number of hydrogen-bond acceptors (Lipinski definition) is 7. The summed E-state index contributed by atoms with van der Waals surface area (Å²) in [5, 5.41) is 1.33. The number of pyridine rings is 1. The lowest BCUT2D eigenvalue weighted by molar-refractivity contribution is 0.0184. The monoisotopic (exact) mass is 689 g/mol. The first-order valence-electron chi connectivity index (χ1n) is 17.2. The van der Waals surface area contributed by atoms with Crippen molar-refractivity contribution < 1.29 is 28.3 Å². The minimum atomic E-state index is -1.75. The van der Waals surface area contributed by atoms with E-state index in [1.54, 1.807) is 23.2 Å². The lowest BCUT2D eigenvalue weighted by Gasteiger charge is -2.33. The molecule has 0 bridgehead atoms. The van der Waals surface area contributed by atoms with E-state index in [1.165, 1.54) is 12.2 Å². The Balaban J connectivity index is 1.48. The van der Waals surface area contributed by atoms with Crippen molar-refractivity contribution in [2.45, 2.75) is 105 Å². The summed E-state index contributed by atoms with van der Waals surface area (Å²) in [5.74, 6) is 1.34. The van der Waals surface area contributed by atoms with Crippen molar-refractivity contribution in [2.24, 2.45) is 5.92 Å². The van der Waals surface area contributed by atoms with Crippen molar-refractivity contribution >= 4 is 26.0 Å². The third kappa shape index (κ3) is 11.1. The van der Waals surface area contributed by atoms with Gasteiger partial charge in [0.15, 0.2) is 8.32 Å². The lowest BCUT2D eigenvalue weighted by Crippen LogP contribution is -2.42. The predicted octanol–water partition coefficient (Wildman–Crippen LogP) is 9.23. The zero-order valence-electron chi connectivity index (χ0n) is 31.3. The van der Waals surface area contributed by atoms with Crippen LogP contribution >= 0.6 is 0 Å². The minimum Gasteiger partial charge on any atom is -0.457 e. The molecule has 0 unspecified atom stereocenters. The van der Waals surface area contributed by atoms with Crippen molar-refractivity contribution in [3.05, 3.63) is 82.7 Å². The molecule has 3 aromatic rings. The average molecular weight is 690 g/mol. The van der Waals surface area contributed by atoms with Crippen LogP contribution in [0.15, 0.2) is 54.7 Å². The van der Waals surface area contributed by atoms with E-state index in [0.29, 0.717) is 48.4 Å². The van der Waals surface area contributed by atoms with E-state index in [4.69, 9.17) is 18.7 Å². The van der Waals surface area contributed by atoms with E-state index in [1.807, 2.05) is 58.0 Å². The number of hydroxylamine groups is 1. The maximum Gasteiger partial charge on any atom is 0.410 e. The Morgan fingerprint density at radius 2 is 1.65 bits per heavy atom. The van der Waals surface area contributed by atoms with Crippen molar-refractivity contribution in [1.29, 1.82) is 0 Å². The first-order chi connectivity index (χ1) is 22.8. The van der Waals surface area contributed by atoms with Gasteiger partial charge in [0.25, 0.3) is 5.91 Å². The van der Waals surface area contributed by atoms with E-state index in [0.717, 1.165) is 41.6 Å². The molecular formula is C39H55N3O6Si. The Kier molecular flexibility index (Phi) is 12.0. The molecule has 0 radical (unpaired) electrons. The van der Waals surface area contributed by atoms with Crippen LogP contribution in [0.4, 0.5) is 10.5 Å². The van der Waals surface area contributed by atoms with Crippen LogP contribution < -0.4 is 9.80 Å². The summed E-state index contributed by atoms with van der Waals surface area (Å²) in [6, 6.07) is 15.3. The lowest BCUT2D eigenvalue weighted by atomic mass is 9.86. The van der Waals surface area contributed by atoms with Gasteiger partial charge in [-0.05, 0) is 125 Å². The van der Waals surface area contributed by atoms with Gasteiger partial charge in [0, 0.05) is 36.6 Å². The van der Waals surface area contributed by atoms with Gasteiger partial charge in [-0.25, -0.2) is 4.79 Å². The topological polar surface area (TPSA) is 90.4 Å². The molecule has 1 aromatic heterocycles. The molecule has 2 aromatic carbocycles. The molecule has 9 nitrogen and oxygen atoms in total. The van der Waals surface area contributed by atoms with E-state index in [-0.39, 0.29) is 17.4 Å². The fraction of sp³-hybridized carbons (Fsp3) is 0.513. The van der Waals surface area contributed by atoms with Crippen LogP contribution in [-0.2, 0) is 32.4 Å². The van der Waals surface area contributed by atoms with E-state index >= 15 is 0 Å². The highest BCUT2D eigenvalue weighted by molar-refractivity contribution is 6.69. The summed E-state index contributed by atoms with van der Waals surface area (Å²) in [7, 11) is -0.244. The molecule has 1 aliphatic rings. The number of aryl methyl sites for hydroxylation is 1. The fourth-order valence-electron chi connectivity index (χ4n) is 5.57. The van der Waals surface area contributed by atoms with Crippen LogP contribution in [0.5, 0.6) is 11.5 Å². The van der Waals surface area contributed by atoms with Crippen molar-refractivity contribution in [1.82, 2.24) is 9.88 Å². The number of carbonyl (C=O) groups excluding carboxylic acids is 2. The molecular weight excluding hydrogens is 635 g/mol. The number of likely N-dealkylation sites (tertiary alicyclic amines) is 1. The molecule has 1 fully saturated rings. The van der Waals surface area contributed by atoms with Gasteiger partial charge in [-0.2, -0.15) is 5.06 Å². The number of hydrogen-bond donors (Lipinski definition) is 0. The van der Waals surface area contributed by atoms with Crippen molar-refractivity contribution in [3.63, 3.8) is 0 Å². The molecule has 2 amide bonds. The fourth-order valence-corrected chi connectivity index (χ4v) is 6.17. The van der Waals surface area contributed by atoms with Crippen LogP contribution in [0.1, 0.15) is 87.1 Å². The normalized spacial score (nSPS) is 14.5. The van der Waals surface area contributed by atoms with Gasteiger partial charge < -0.3 is 18.8 Å². The second-order valence-electron chi connectivity index (χ2n) is 16.0. The standard InChI is InChI=1S/C39H55N3O6Si/c1-27-12-13-30(36(43)42(45-8)33-22-29(26-46-49(9,10)11)20-31(24-33)38(2,3)4)23-35(27)47-34-14-17-40-32(25-34)21-28-15-18-41(19-16-28)37(44)48-39(5,6)7/h12-14,17,20,22-25,28H,15-16,18-19,21,26H2,1-11H3. The van der Waals surface area contributed by atoms with Gasteiger partial charge in [0.1, 0.15) is 17.1 Å². The zero-order chi connectivity index (χ0) is 36.1. The zero-order valence-corrected chi connectivity index (χ0v) is 32.3. The number of rotatable bonds is 10. The van der Waals surface area contributed by atoms with Gasteiger partial charge in [0.2, 0.25) is 0 Å². The van der Waals surface area contributed by atoms with Crippen LogP contribution in [0.25, 0.3) is 0 Å². The molecule has 0 atom stereocenters. The summed E-state index contributed by atoms with van der Waals surface area (Å²) in [6.07, 6.45) is 4.06. The van der Waals surface area contributed by atoms with Crippen LogP contribution in [-0.4, -0.2) is 56.0 Å². The van der Waals surface area contributed by atoms with Crippen LogP contribution in [0.3, 0.4) is 0 Å². The third-order valence-corrected chi connectivity index (χ3v) is 9.34. The van der Waals surface area contributed by atoms with E-state index < -0.39 is 13.9 Å².